The molecule has 1 saturated heterocycles. The van der Waals surface area contributed by atoms with Crippen LogP contribution in [0.15, 0.2) is 18.2 Å². The number of benzene rings is 1. The van der Waals surface area contributed by atoms with E-state index in [1.165, 1.54) is 6.07 Å². The molecular weight excluding hydrogens is 246 g/mol. The molecule has 1 atom stereocenters. The summed E-state index contributed by atoms with van der Waals surface area (Å²) in [5, 5.41) is 9.77. The maximum atomic E-state index is 14.1. The average molecular weight is 266 g/mol. The summed E-state index contributed by atoms with van der Waals surface area (Å²) in [5.41, 5.74) is -0.277. The molecule has 2 rings (SSSR count). The van der Waals surface area contributed by atoms with Gasteiger partial charge in [0.15, 0.2) is 0 Å². The van der Waals surface area contributed by atoms with Crippen molar-refractivity contribution in [3.8, 4) is 0 Å². The molecule has 1 unspecified atom stereocenters. The molecule has 0 amide bonds. The van der Waals surface area contributed by atoms with Crippen molar-refractivity contribution in [2.45, 2.75) is 51.9 Å². The maximum Gasteiger partial charge on any atom is 0.498 e. The smallest absolute Gasteiger partial charge is 0.399 e. The average Bonchev–Trinajstić information content (AvgIpc) is 2.47. The first-order valence-electron chi connectivity index (χ1n) is 6.48. The van der Waals surface area contributed by atoms with Gasteiger partial charge in [-0.05, 0) is 46.2 Å². The molecule has 19 heavy (non-hydrogen) atoms. The lowest BCUT2D eigenvalue weighted by molar-refractivity contribution is 0.00578. The van der Waals surface area contributed by atoms with E-state index in [0.29, 0.717) is 5.56 Å². The van der Waals surface area contributed by atoms with Crippen molar-refractivity contribution in [2.24, 2.45) is 0 Å². The van der Waals surface area contributed by atoms with Crippen molar-refractivity contribution in [3.05, 3.63) is 29.6 Å². The van der Waals surface area contributed by atoms with Gasteiger partial charge in [-0.15, -0.1) is 0 Å². The highest BCUT2D eigenvalue weighted by atomic mass is 19.1. The Kier molecular flexibility index (Phi) is 3.50. The van der Waals surface area contributed by atoms with Crippen molar-refractivity contribution in [1.29, 1.82) is 0 Å². The van der Waals surface area contributed by atoms with E-state index >= 15 is 0 Å². The molecule has 1 N–H and O–H groups in total. The third kappa shape index (κ3) is 2.42. The number of hydrogen-bond donors (Lipinski definition) is 1. The zero-order chi connectivity index (χ0) is 14.4. The molecular formula is C14H20BFO3. The summed E-state index contributed by atoms with van der Waals surface area (Å²) in [7, 11) is -0.796. The lowest BCUT2D eigenvalue weighted by atomic mass is 9.74. The Bertz CT molecular complexity index is 470. The van der Waals surface area contributed by atoms with Gasteiger partial charge >= 0.3 is 7.12 Å². The SMILES string of the molecule is CC(O)c1cccc(F)c1B1OC(C)(C)C(C)(C)O1. The largest absolute Gasteiger partial charge is 0.498 e. The van der Waals surface area contributed by atoms with Gasteiger partial charge in [0, 0.05) is 5.46 Å². The van der Waals surface area contributed by atoms with Gasteiger partial charge in [-0.25, -0.2) is 4.39 Å². The van der Waals surface area contributed by atoms with Crippen LogP contribution in [0, 0.1) is 5.82 Å². The van der Waals surface area contributed by atoms with Crippen LogP contribution < -0.4 is 5.46 Å². The number of halogens is 1. The Hall–Kier alpha value is -0.905. The molecule has 0 aliphatic carbocycles. The zero-order valence-corrected chi connectivity index (χ0v) is 12.0. The van der Waals surface area contributed by atoms with Gasteiger partial charge in [0.25, 0.3) is 0 Å². The second-order valence-electron chi connectivity index (χ2n) is 6.01. The first kappa shape index (κ1) is 14.5. The number of aliphatic hydroxyl groups is 1. The Balaban J connectivity index is 2.45. The van der Waals surface area contributed by atoms with E-state index in [2.05, 4.69) is 0 Å². The third-order valence-electron chi connectivity index (χ3n) is 4.03. The fraction of sp³-hybridized carbons (Fsp3) is 0.571. The topological polar surface area (TPSA) is 38.7 Å². The second kappa shape index (κ2) is 4.58. The fourth-order valence-electron chi connectivity index (χ4n) is 2.13. The number of hydrogen-bond acceptors (Lipinski definition) is 3. The minimum Gasteiger partial charge on any atom is -0.399 e. The molecule has 0 saturated carbocycles. The van der Waals surface area contributed by atoms with E-state index in [-0.39, 0.29) is 5.46 Å². The molecule has 0 radical (unpaired) electrons. The van der Waals surface area contributed by atoms with Crippen LogP contribution in [-0.4, -0.2) is 23.4 Å². The van der Waals surface area contributed by atoms with E-state index in [0.717, 1.165) is 0 Å². The quantitative estimate of drug-likeness (QED) is 0.834. The summed E-state index contributed by atoms with van der Waals surface area (Å²) in [6, 6.07) is 4.62. The fourth-order valence-corrected chi connectivity index (χ4v) is 2.13. The summed E-state index contributed by atoms with van der Waals surface area (Å²) < 4.78 is 25.8. The molecule has 1 heterocycles. The van der Waals surface area contributed by atoms with Crippen LogP contribution in [-0.2, 0) is 9.31 Å². The van der Waals surface area contributed by atoms with E-state index in [4.69, 9.17) is 9.31 Å². The standard InChI is InChI=1S/C14H20BFO3/c1-9(17)10-7-6-8-11(16)12(10)15-18-13(2,3)14(4,5)19-15/h6-9,17H,1-5H3. The van der Waals surface area contributed by atoms with Gasteiger partial charge in [0.2, 0.25) is 0 Å². The Morgan fingerprint density at radius 2 is 1.68 bits per heavy atom. The number of aliphatic hydroxyl groups excluding tert-OH is 1. The van der Waals surface area contributed by atoms with Gasteiger partial charge in [0.1, 0.15) is 5.82 Å². The first-order chi connectivity index (χ1) is 8.66. The molecule has 3 nitrogen and oxygen atoms in total. The monoisotopic (exact) mass is 266 g/mol. The third-order valence-corrected chi connectivity index (χ3v) is 4.03. The van der Waals surface area contributed by atoms with Crippen LogP contribution in [0.5, 0.6) is 0 Å². The van der Waals surface area contributed by atoms with Crippen LogP contribution in [0.2, 0.25) is 0 Å². The van der Waals surface area contributed by atoms with E-state index in [1.54, 1.807) is 19.1 Å². The van der Waals surface area contributed by atoms with Crippen molar-refractivity contribution >= 4 is 12.6 Å². The van der Waals surface area contributed by atoms with Gasteiger partial charge in [-0.1, -0.05) is 12.1 Å². The molecule has 1 fully saturated rings. The lowest BCUT2D eigenvalue weighted by Crippen LogP contribution is -2.41. The summed E-state index contributed by atoms with van der Waals surface area (Å²) in [4.78, 5) is 0. The minimum atomic E-state index is -0.796. The van der Waals surface area contributed by atoms with Crippen molar-refractivity contribution in [1.82, 2.24) is 0 Å². The summed E-state index contributed by atoms with van der Waals surface area (Å²) in [5.74, 6) is -0.420. The highest BCUT2D eigenvalue weighted by molar-refractivity contribution is 6.62. The zero-order valence-electron chi connectivity index (χ0n) is 12.0. The van der Waals surface area contributed by atoms with Crippen LogP contribution in [0.25, 0.3) is 0 Å². The molecule has 1 aromatic carbocycles. The van der Waals surface area contributed by atoms with Crippen LogP contribution >= 0.6 is 0 Å². The molecule has 1 aliphatic rings. The Morgan fingerprint density at radius 1 is 1.16 bits per heavy atom. The molecule has 104 valence electrons. The molecule has 0 aromatic heterocycles. The molecule has 1 aromatic rings. The lowest BCUT2D eigenvalue weighted by Gasteiger charge is -2.32. The summed E-state index contributed by atoms with van der Waals surface area (Å²) >= 11 is 0. The maximum absolute atomic E-state index is 14.1. The van der Waals surface area contributed by atoms with Gasteiger partial charge < -0.3 is 14.4 Å². The predicted octanol–water partition coefficient (Wildman–Crippen LogP) is 2.18. The Morgan fingerprint density at radius 3 is 2.16 bits per heavy atom. The summed E-state index contributed by atoms with van der Waals surface area (Å²) in [6.07, 6.45) is -0.773. The molecule has 5 heteroatoms. The highest BCUT2D eigenvalue weighted by Crippen LogP contribution is 2.37. The van der Waals surface area contributed by atoms with Gasteiger partial charge in [-0.3, -0.25) is 0 Å². The van der Waals surface area contributed by atoms with E-state index in [1.807, 2.05) is 27.7 Å². The van der Waals surface area contributed by atoms with E-state index in [9.17, 15) is 9.50 Å². The molecule has 0 spiro atoms. The van der Waals surface area contributed by atoms with Crippen molar-refractivity contribution < 1.29 is 18.8 Å². The number of rotatable bonds is 2. The Labute approximate surface area is 113 Å². The minimum absolute atomic E-state index is 0.288. The van der Waals surface area contributed by atoms with Crippen LogP contribution in [0.1, 0.15) is 46.3 Å². The second-order valence-corrected chi connectivity index (χ2v) is 6.01. The summed E-state index contributed by atoms with van der Waals surface area (Å²) in [6.45, 7) is 9.25. The molecule has 1 aliphatic heterocycles. The molecule has 0 bridgehead atoms. The van der Waals surface area contributed by atoms with Gasteiger partial charge in [-0.2, -0.15) is 0 Å². The van der Waals surface area contributed by atoms with Gasteiger partial charge in [0.05, 0.1) is 17.3 Å². The first-order valence-corrected chi connectivity index (χ1v) is 6.48. The predicted molar refractivity (Wildman–Crippen MR) is 72.7 cm³/mol. The van der Waals surface area contributed by atoms with E-state index < -0.39 is 30.2 Å². The van der Waals surface area contributed by atoms with Crippen LogP contribution in [0.4, 0.5) is 4.39 Å². The highest BCUT2D eigenvalue weighted by Gasteiger charge is 2.53. The normalized spacial score (nSPS) is 22.6. The van der Waals surface area contributed by atoms with Crippen molar-refractivity contribution in [3.63, 3.8) is 0 Å². The van der Waals surface area contributed by atoms with Crippen molar-refractivity contribution in [2.75, 3.05) is 0 Å². The van der Waals surface area contributed by atoms with Crippen LogP contribution in [0.3, 0.4) is 0 Å².